The topological polar surface area (TPSA) is 49.9 Å². The first kappa shape index (κ1) is 14.3. The van der Waals surface area contributed by atoms with Gasteiger partial charge < -0.3 is 4.90 Å². The van der Waals surface area contributed by atoms with E-state index < -0.39 is 0 Å². The average Bonchev–Trinajstić information content (AvgIpc) is 2.46. The summed E-state index contributed by atoms with van der Waals surface area (Å²) in [5.74, 6) is -0.262. The Morgan fingerprint density at radius 3 is 2.70 bits per heavy atom. The van der Waals surface area contributed by atoms with Gasteiger partial charge in [0.25, 0.3) is 0 Å². The molecule has 2 amide bonds. The molecule has 0 spiro atoms. The molecular formula is C15H18N2O3. The van der Waals surface area contributed by atoms with Gasteiger partial charge in [-0.25, -0.2) is 5.06 Å². The minimum absolute atomic E-state index is 0.0892. The summed E-state index contributed by atoms with van der Waals surface area (Å²) in [6, 6.07) is 7.47. The van der Waals surface area contributed by atoms with Gasteiger partial charge in [-0.1, -0.05) is 24.3 Å². The fourth-order valence-corrected chi connectivity index (χ4v) is 2.31. The van der Waals surface area contributed by atoms with Crippen LogP contribution in [0, 0.1) is 0 Å². The maximum absolute atomic E-state index is 12.1. The average molecular weight is 274 g/mol. The second kappa shape index (κ2) is 5.88. The van der Waals surface area contributed by atoms with Crippen molar-refractivity contribution in [1.29, 1.82) is 0 Å². The van der Waals surface area contributed by atoms with Gasteiger partial charge in [-0.3, -0.25) is 14.4 Å². The molecule has 1 aliphatic heterocycles. The van der Waals surface area contributed by atoms with Crippen LogP contribution in [0.1, 0.15) is 30.5 Å². The van der Waals surface area contributed by atoms with E-state index in [1.54, 1.807) is 18.1 Å². The molecule has 20 heavy (non-hydrogen) atoms. The van der Waals surface area contributed by atoms with E-state index >= 15 is 0 Å². The summed E-state index contributed by atoms with van der Waals surface area (Å²) in [6.07, 6.45) is 3.80. The van der Waals surface area contributed by atoms with Crippen LogP contribution in [-0.4, -0.2) is 35.9 Å². The molecule has 1 aromatic carbocycles. The summed E-state index contributed by atoms with van der Waals surface area (Å²) < 4.78 is 0. The molecule has 0 radical (unpaired) electrons. The largest absolute Gasteiger partial charge is 0.311 e. The van der Waals surface area contributed by atoms with Crippen molar-refractivity contribution in [3.63, 3.8) is 0 Å². The van der Waals surface area contributed by atoms with Gasteiger partial charge in [0.15, 0.2) is 0 Å². The molecule has 106 valence electrons. The Morgan fingerprint density at radius 1 is 1.35 bits per heavy atom. The molecule has 1 atom stereocenters. The highest BCUT2D eigenvalue weighted by atomic mass is 16.7. The summed E-state index contributed by atoms with van der Waals surface area (Å²) in [5, 5.41) is 1.18. The Morgan fingerprint density at radius 2 is 2.05 bits per heavy atom. The Bertz CT molecular complexity index is 554. The fourth-order valence-electron chi connectivity index (χ4n) is 2.31. The van der Waals surface area contributed by atoms with Gasteiger partial charge in [-0.2, -0.15) is 0 Å². The lowest BCUT2D eigenvalue weighted by atomic mass is 9.93. The van der Waals surface area contributed by atoms with Gasteiger partial charge in [-0.05, 0) is 17.2 Å². The monoisotopic (exact) mass is 274 g/mol. The molecule has 0 aliphatic carbocycles. The third-order valence-corrected chi connectivity index (χ3v) is 3.46. The number of hydrogen-bond donors (Lipinski definition) is 0. The third kappa shape index (κ3) is 2.72. The van der Waals surface area contributed by atoms with Crippen LogP contribution in [0.3, 0.4) is 0 Å². The summed E-state index contributed by atoms with van der Waals surface area (Å²) in [7, 11) is 3.00. The third-order valence-electron chi connectivity index (χ3n) is 3.46. The van der Waals surface area contributed by atoms with Gasteiger partial charge in [0.05, 0.1) is 19.6 Å². The molecule has 1 heterocycles. The predicted molar refractivity (Wildman–Crippen MR) is 75.1 cm³/mol. The van der Waals surface area contributed by atoms with E-state index in [9.17, 15) is 9.59 Å². The molecule has 1 aromatic rings. The lowest BCUT2D eigenvalue weighted by molar-refractivity contribution is -0.170. The van der Waals surface area contributed by atoms with Gasteiger partial charge in [-0.15, -0.1) is 0 Å². The lowest BCUT2D eigenvalue weighted by Gasteiger charge is -2.33. The van der Waals surface area contributed by atoms with E-state index in [0.717, 1.165) is 11.1 Å². The van der Waals surface area contributed by atoms with E-state index in [4.69, 9.17) is 4.84 Å². The first-order chi connectivity index (χ1) is 9.54. The number of nitrogens with zero attached hydrogens (tertiary/aromatic N) is 2. The molecule has 0 unspecified atom stereocenters. The second-order valence-corrected chi connectivity index (χ2v) is 4.66. The molecule has 0 saturated carbocycles. The van der Waals surface area contributed by atoms with Crippen molar-refractivity contribution in [2.75, 3.05) is 14.2 Å². The standard InChI is InChI=1S/C15H18N2O3/c1-11(18)17-9-8-12-6-4-5-7-13(12)14(17)10-15(19)16(2)20-3/h4-9,14H,10H2,1-3H3/t14-/m0/s1. The highest BCUT2D eigenvalue weighted by molar-refractivity contribution is 5.81. The van der Waals surface area contributed by atoms with Crippen molar-refractivity contribution >= 4 is 17.9 Å². The van der Waals surface area contributed by atoms with Crippen LogP contribution in [0.2, 0.25) is 0 Å². The van der Waals surface area contributed by atoms with Crippen LogP contribution in [0.15, 0.2) is 30.5 Å². The van der Waals surface area contributed by atoms with Gasteiger partial charge >= 0.3 is 0 Å². The first-order valence-electron chi connectivity index (χ1n) is 6.41. The lowest BCUT2D eigenvalue weighted by Crippen LogP contribution is -2.35. The Kier molecular flexibility index (Phi) is 4.20. The molecule has 0 saturated heterocycles. The van der Waals surface area contributed by atoms with Crippen molar-refractivity contribution in [2.45, 2.75) is 19.4 Å². The Balaban J connectivity index is 2.32. The smallest absolute Gasteiger partial charge is 0.248 e. The Hall–Kier alpha value is -2.14. The maximum Gasteiger partial charge on any atom is 0.248 e. The van der Waals surface area contributed by atoms with E-state index in [1.165, 1.54) is 19.1 Å². The molecule has 0 bridgehead atoms. The molecule has 2 rings (SSSR count). The summed E-state index contributed by atoms with van der Waals surface area (Å²) >= 11 is 0. The molecule has 5 nitrogen and oxygen atoms in total. The predicted octanol–water partition coefficient (Wildman–Crippen LogP) is 1.97. The minimum atomic E-state index is -0.293. The Labute approximate surface area is 118 Å². The van der Waals surface area contributed by atoms with E-state index in [1.807, 2.05) is 30.3 Å². The summed E-state index contributed by atoms with van der Waals surface area (Å²) in [6.45, 7) is 1.50. The molecule has 1 aliphatic rings. The molecule has 0 fully saturated rings. The maximum atomic E-state index is 12.1. The zero-order valence-corrected chi connectivity index (χ0v) is 11.9. The number of hydroxylamine groups is 2. The van der Waals surface area contributed by atoms with Crippen molar-refractivity contribution in [3.05, 3.63) is 41.6 Å². The van der Waals surface area contributed by atoms with Crippen LogP contribution in [0.4, 0.5) is 0 Å². The quantitative estimate of drug-likeness (QED) is 0.792. The van der Waals surface area contributed by atoms with Gasteiger partial charge in [0.2, 0.25) is 11.8 Å². The van der Waals surface area contributed by atoms with Crippen molar-refractivity contribution in [2.24, 2.45) is 0 Å². The highest BCUT2D eigenvalue weighted by Gasteiger charge is 2.29. The molecule has 0 N–H and O–H groups in total. The van der Waals surface area contributed by atoms with Crippen molar-refractivity contribution in [1.82, 2.24) is 9.96 Å². The van der Waals surface area contributed by atoms with Crippen LogP contribution in [0.5, 0.6) is 0 Å². The number of carbonyl (C=O) groups excluding carboxylic acids is 2. The zero-order valence-electron chi connectivity index (χ0n) is 11.9. The number of carbonyl (C=O) groups is 2. The fraction of sp³-hybridized carbons (Fsp3) is 0.333. The first-order valence-corrected chi connectivity index (χ1v) is 6.41. The molecule has 0 aromatic heterocycles. The SMILES string of the molecule is CON(C)C(=O)C[C@H]1c2ccccc2C=CN1C(C)=O. The number of amides is 2. The van der Waals surface area contributed by atoms with Crippen LogP contribution in [-0.2, 0) is 14.4 Å². The number of fused-ring (bicyclic) bond motifs is 1. The van der Waals surface area contributed by atoms with Crippen LogP contribution < -0.4 is 0 Å². The van der Waals surface area contributed by atoms with Crippen LogP contribution >= 0.6 is 0 Å². The van der Waals surface area contributed by atoms with Gasteiger partial charge in [0, 0.05) is 20.2 Å². The van der Waals surface area contributed by atoms with Crippen molar-refractivity contribution in [3.8, 4) is 0 Å². The van der Waals surface area contributed by atoms with Crippen molar-refractivity contribution < 1.29 is 14.4 Å². The molecule has 5 heteroatoms. The number of benzene rings is 1. The molecular weight excluding hydrogens is 256 g/mol. The minimum Gasteiger partial charge on any atom is -0.311 e. The highest BCUT2D eigenvalue weighted by Crippen LogP contribution is 2.33. The van der Waals surface area contributed by atoms with Gasteiger partial charge in [0.1, 0.15) is 0 Å². The second-order valence-electron chi connectivity index (χ2n) is 4.66. The van der Waals surface area contributed by atoms with E-state index in [0.29, 0.717) is 0 Å². The number of hydrogen-bond acceptors (Lipinski definition) is 3. The van der Waals surface area contributed by atoms with Crippen LogP contribution in [0.25, 0.3) is 6.08 Å². The normalized spacial score (nSPS) is 16.8. The summed E-state index contributed by atoms with van der Waals surface area (Å²) in [4.78, 5) is 30.3. The van der Waals surface area contributed by atoms with E-state index in [-0.39, 0.29) is 24.3 Å². The summed E-state index contributed by atoms with van der Waals surface area (Å²) in [5.41, 5.74) is 2.01. The van der Waals surface area contributed by atoms with E-state index in [2.05, 4.69) is 0 Å². The zero-order chi connectivity index (χ0) is 14.7. The number of rotatable bonds is 3.